The molecular formula is C19H27NO3S. The maximum Gasteiger partial charge on any atom is 0.227 e. The molecule has 2 atom stereocenters. The van der Waals surface area contributed by atoms with E-state index in [1.165, 1.54) is 6.26 Å². The maximum absolute atomic E-state index is 12.9. The van der Waals surface area contributed by atoms with Crippen LogP contribution in [-0.2, 0) is 21.1 Å². The lowest BCUT2D eigenvalue weighted by Crippen LogP contribution is -2.38. The minimum Gasteiger partial charge on any atom is -0.339 e. The van der Waals surface area contributed by atoms with E-state index in [4.69, 9.17) is 0 Å². The average Bonchev–Trinajstić information content (AvgIpc) is 2.67. The molecule has 1 saturated carbocycles. The van der Waals surface area contributed by atoms with Gasteiger partial charge in [0.25, 0.3) is 0 Å². The largest absolute Gasteiger partial charge is 0.339 e. The predicted molar refractivity (Wildman–Crippen MR) is 94.5 cm³/mol. The van der Waals surface area contributed by atoms with E-state index in [1.54, 1.807) is 24.3 Å². The summed E-state index contributed by atoms with van der Waals surface area (Å²) in [6, 6.07) is 7.13. The van der Waals surface area contributed by atoms with Gasteiger partial charge in [0, 0.05) is 18.8 Å². The number of carbonyl (C=O) groups is 1. The molecule has 0 radical (unpaired) electrons. The summed E-state index contributed by atoms with van der Waals surface area (Å²) >= 11 is 0. The Morgan fingerprint density at radius 1 is 1.21 bits per heavy atom. The molecular weight excluding hydrogens is 322 g/mol. The number of amides is 1. The van der Waals surface area contributed by atoms with E-state index in [9.17, 15) is 13.2 Å². The van der Waals surface area contributed by atoms with Crippen molar-refractivity contribution < 1.29 is 13.2 Å². The first kappa shape index (κ1) is 17.5. The van der Waals surface area contributed by atoms with Gasteiger partial charge in [-0.05, 0) is 41.7 Å². The van der Waals surface area contributed by atoms with Gasteiger partial charge in [0.1, 0.15) is 0 Å². The molecule has 1 aromatic rings. The minimum atomic E-state index is -3.32. The van der Waals surface area contributed by atoms with Gasteiger partial charge in [-0.2, -0.15) is 0 Å². The SMILES string of the molecule is CC1(C)CC2CC(C)(CN2C(=O)Cc2ccccc2S(C)(=O)=O)C1. The summed E-state index contributed by atoms with van der Waals surface area (Å²) in [6.07, 6.45) is 4.59. The molecule has 1 amide bonds. The van der Waals surface area contributed by atoms with Gasteiger partial charge in [-0.3, -0.25) is 4.79 Å². The zero-order valence-corrected chi connectivity index (χ0v) is 15.8. The molecule has 2 fully saturated rings. The molecule has 1 aliphatic carbocycles. The number of carbonyl (C=O) groups excluding carboxylic acids is 1. The fourth-order valence-corrected chi connectivity index (χ4v) is 5.97. The molecule has 2 unspecified atom stereocenters. The summed E-state index contributed by atoms with van der Waals surface area (Å²) in [7, 11) is -3.32. The van der Waals surface area contributed by atoms with E-state index < -0.39 is 9.84 Å². The molecule has 24 heavy (non-hydrogen) atoms. The molecule has 0 spiro atoms. The van der Waals surface area contributed by atoms with Gasteiger partial charge in [-0.1, -0.05) is 39.0 Å². The van der Waals surface area contributed by atoms with Gasteiger partial charge in [0.15, 0.2) is 9.84 Å². The van der Waals surface area contributed by atoms with Crippen molar-refractivity contribution in [2.75, 3.05) is 12.8 Å². The number of rotatable bonds is 3. The van der Waals surface area contributed by atoms with Crippen molar-refractivity contribution in [3.8, 4) is 0 Å². The Morgan fingerprint density at radius 2 is 1.88 bits per heavy atom. The van der Waals surface area contributed by atoms with Crippen molar-refractivity contribution in [2.24, 2.45) is 10.8 Å². The molecule has 1 aliphatic heterocycles. The lowest BCUT2D eigenvalue weighted by Gasteiger charge is -2.39. The highest BCUT2D eigenvalue weighted by molar-refractivity contribution is 7.90. The van der Waals surface area contributed by atoms with Crippen LogP contribution in [0.2, 0.25) is 0 Å². The molecule has 1 heterocycles. The van der Waals surface area contributed by atoms with Crippen molar-refractivity contribution in [1.82, 2.24) is 4.90 Å². The van der Waals surface area contributed by atoms with Crippen molar-refractivity contribution in [3.05, 3.63) is 29.8 Å². The second-order valence-electron chi connectivity index (χ2n) is 8.79. The van der Waals surface area contributed by atoms with Crippen LogP contribution in [0.3, 0.4) is 0 Å². The maximum atomic E-state index is 12.9. The molecule has 3 rings (SSSR count). The Hall–Kier alpha value is -1.36. The van der Waals surface area contributed by atoms with Crippen LogP contribution in [-0.4, -0.2) is 38.1 Å². The fraction of sp³-hybridized carbons (Fsp3) is 0.632. The van der Waals surface area contributed by atoms with E-state index in [1.807, 2.05) is 4.90 Å². The van der Waals surface area contributed by atoms with E-state index >= 15 is 0 Å². The topological polar surface area (TPSA) is 54.5 Å². The van der Waals surface area contributed by atoms with E-state index in [0.29, 0.717) is 5.56 Å². The number of nitrogens with zero attached hydrogens (tertiary/aromatic N) is 1. The van der Waals surface area contributed by atoms with Gasteiger partial charge >= 0.3 is 0 Å². The normalized spacial score (nSPS) is 28.8. The van der Waals surface area contributed by atoms with Crippen LogP contribution >= 0.6 is 0 Å². The van der Waals surface area contributed by atoms with Gasteiger partial charge in [-0.15, -0.1) is 0 Å². The van der Waals surface area contributed by atoms with Gasteiger partial charge in [-0.25, -0.2) is 8.42 Å². The lowest BCUT2D eigenvalue weighted by atomic mass is 9.65. The third kappa shape index (κ3) is 3.37. The highest BCUT2D eigenvalue weighted by Crippen LogP contribution is 2.52. The van der Waals surface area contributed by atoms with Crippen molar-refractivity contribution >= 4 is 15.7 Å². The Kier molecular flexibility index (Phi) is 4.06. The first-order valence-corrected chi connectivity index (χ1v) is 10.5. The van der Waals surface area contributed by atoms with Gasteiger partial charge in [0.2, 0.25) is 5.91 Å². The summed E-state index contributed by atoms with van der Waals surface area (Å²) in [5.74, 6) is 0.0533. The van der Waals surface area contributed by atoms with Crippen LogP contribution in [0, 0.1) is 10.8 Å². The van der Waals surface area contributed by atoms with E-state index in [0.717, 1.165) is 25.8 Å². The summed E-state index contributed by atoms with van der Waals surface area (Å²) < 4.78 is 23.9. The third-order valence-corrected chi connectivity index (χ3v) is 6.65. The fourth-order valence-electron chi connectivity index (χ4n) is 5.03. The molecule has 4 nitrogen and oxygen atoms in total. The monoisotopic (exact) mass is 349 g/mol. The van der Waals surface area contributed by atoms with Gasteiger partial charge in [0.05, 0.1) is 11.3 Å². The predicted octanol–water partition coefficient (Wildman–Crippen LogP) is 3.06. The Bertz CT molecular complexity index is 769. The highest BCUT2D eigenvalue weighted by Gasteiger charge is 2.50. The van der Waals surface area contributed by atoms with Crippen LogP contribution in [0.4, 0.5) is 0 Å². The zero-order valence-electron chi connectivity index (χ0n) is 15.0. The average molecular weight is 349 g/mol. The van der Waals surface area contributed by atoms with E-state index in [-0.39, 0.29) is 34.1 Å². The van der Waals surface area contributed by atoms with Crippen LogP contribution in [0.1, 0.15) is 45.6 Å². The molecule has 1 saturated heterocycles. The standard InChI is InChI=1S/C19H27NO3S/c1-18(2)10-15-11-19(3,12-18)13-20(15)17(21)9-14-7-5-6-8-16(14)24(4,22)23/h5-8,15H,9-13H2,1-4H3. The third-order valence-electron chi connectivity index (χ3n) is 5.45. The summed E-state index contributed by atoms with van der Waals surface area (Å²) in [6.45, 7) is 7.63. The molecule has 2 aliphatic rings. The van der Waals surface area contributed by atoms with Crippen LogP contribution < -0.4 is 0 Å². The molecule has 0 aromatic heterocycles. The van der Waals surface area contributed by atoms with Crippen LogP contribution in [0.25, 0.3) is 0 Å². The number of sulfone groups is 1. The Morgan fingerprint density at radius 3 is 2.54 bits per heavy atom. The number of hydrogen-bond donors (Lipinski definition) is 0. The summed E-state index contributed by atoms with van der Waals surface area (Å²) in [5.41, 5.74) is 1.06. The van der Waals surface area contributed by atoms with Crippen molar-refractivity contribution in [2.45, 2.75) is 57.4 Å². The molecule has 0 N–H and O–H groups in total. The number of hydrogen-bond acceptors (Lipinski definition) is 3. The molecule has 132 valence electrons. The Labute approximate surface area is 145 Å². The summed E-state index contributed by atoms with van der Waals surface area (Å²) in [5, 5.41) is 0. The number of fused-ring (bicyclic) bond motifs is 2. The number of benzene rings is 1. The molecule has 5 heteroatoms. The van der Waals surface area contributed by atoms with Crippen molar-refractivity contribution in [3.63, 3.8) is 0 Å². The molecule has 1 aromatic carbocycles. The smallest absolute Gasteiger partial charge is 0.227 e. The molecule has 2 bridgehead atoms. The lowest BCUT2D eigenvalue weighted by molar-refractivity contribution is -0.131. The zero-order chi connectivity index (χ0) is 17.8. The minimum absolute atomic E-state index is 0.0533. The van der Waals surface area contributed by atoms with Crippen LogP contribution in [0.5, 0.6) is 0 Å². The Balaban J connectivity index is 1.83. The van der Waals surface area contributed by atoms with E-state index in [2.05, 4.69) is 20.8 Å². The first-order chi connectivity index (χ1) is 11.0. The first-order valence-electron chi connectivity index (χ1n) is 8.57. The van der Waals surface area contributed by atoms with Gasteiger partial charge < -0.3 is 4.90 Å². The quantitative estimate of drug-likeness (QED) is 0.843. The van der Waals surface area contributed by atoms with Crippen LogP contribution in [0.15, 0.2) is 29.2 Å². The summed E-state index contributed by atoms with van der Waals surface area (Å²) in [4.78, 5) is 15.2. The number of likely N-dealkylation sites (tertiary alicyclic amines) is 1. The second-order valence-corrected chi connectivity index (χ2v) is 10.8. The van der Waals surface area contributed by atoms with Crippen molar-refractivity contribution in [1.29, 1.82) is 0 Å². The highest BCUT2D eigenvalue weighted by atomic mass is 32.2. The second kappa shape index (κ2) is 5.58.